The van der Waals surface area contributed by atoms with Gasteiger partial charge >= 0.3 is 0 Å². The average Bonchev–Trinajstić information content (AvgIpc) is 3.00. The number of aryl methyl sites for hydroxylation is 2. The third-order valence-corrected chi connectivity index (χ3v) is 3.42. The van der Waals surface area contributed by atoms with Gasteiger partial charge in [0.1, 0.15) is 24.3 Å². The third kappa shape index (κ3) is 3.54. The SMILES string of the molecule is Cc1cccc(C)c1OCC(O)CNc1ccc2nnnn2n1. The van der Waals surface area contributed by atoms with Gasteiger partial charge in [0.25, 0.3) is 0 Å². The smallest absolute Gasteiger partial charge is 0.200 e. The van der Waals surface area contributed by atoms with Crippen molar-refractivity contribution < 1.29 is 9.84 Å². The predicted molar refractivity (Wildman–Crippen MR) is 84.5 cm³/mol. The Labute approximate surface area is 133 Å². The van der Waals surface area contributed by atoms with Crippen LogP contribution in [-0.2, 0) is 0 Å². The molecule has 1 atom stereocenters. The molecule has 0 radical (unpaired) electrons. The van der Waals surface area contributed by atoms with Gasteiger partial charge in [0.15, 0.2) is 5.65 Å². The molecule has 2 N–H and O–H groups in total. The maximum Gasteiger partial charge on any atom is 0.200 e. The number of tetrazole rings is 1. The second-order valence-corrected chi connectivity index (χ2v) is 5.31. The van der Waals surface area contributed by atoms with Gasteiger partial charge in [-0.2, -0.15) is 0 Å². The number of rotatable bonds is 6. The Bertz CT molecular complexity index is 783. The van der Waals surface area contributed by atoms with E-state index >= 15 is 0 Å². The number of fused-ring (bicyclic) bond motifs is 1. The molecule has 3 aromatic rings. The monoisotopic (exact) mass is 314 g/mol. The van der Waals surface area contributed by atoms with Gasteiger partial charge in [-0.15, -0.1) is 14.8 Å². The van der Waals surface area contributed by atoms with Crippen molar-refractivity contribution in [1.82, 2.24) is 25.3 Å². The molecule has 8 nitrogen and oxygen atoms in total. The van der Waals surface area contributed by atoms with E-state index in [-0.39, 0.29) is 6.61 Å². The van der Waals surface area contributed by atoms with Gasteiger partial charge < -0.3 is 15.2 Å². The fourth-order valence-corrected chi connectivity index (χ4v) is 2.23. The maximum absolute atomic E-state index is 10.1. The molecule has 0 aliphatic carbocycles. The van der Waals surface area contributed by atoms with Crippen LogP contribution < -0.4 is 10.1 Å². The maximum atomic E-state index is 10.1. The Kier molecular flexibility index (Phi) is 4.33. The van der Waals surface area contributed by atoms with E-state index in [0.717, 1.165) is 16.9 Å². The lowest BCUT2D eigenvalue weighted by atomic mass is 10.1. The average molecular weight is 314 g/mol. The molecule has 23 heavy (non-hydrogen) atoms. The van der Waals surface area contributed by atoms with Gasteiger partial charge in [-0.3, -0.25) is 0 Å². The van der Waals surface area contributed by atoms with Crippen LogP contribution in [0.4, 0.5) is 5.82 Å². The summed E-state index contributed by atoms with van der Waals surface area (Å²) in [5.74, 6) is 1.40. The summed E-state index contributed by atoms with van der Waals surface area (Å²) in [6.45, 7) is 4.48. The molecule has 0 fully saturated rings. The Morgan fingerprint density at radius 1 is 1.22 bits per heavy atom. The molecule has 3 rings (SSSR count). The molecule has 0 aliphatic heterocycles. The highest BCUT2D eigenvalue weighted by Crippen LogP contribution is 2.22. The van der Waals surface area contributed by atoms with Crippen LogP contribution in [0.3, 0.4) is 0 Å². The highest BCUT2D eigenvalue weighted by Gasteiger charge is 2.09. The van der Waals surface area contributed by atoms with Crippen LogP contribution in [-0.4, -0.2) is 49.6 Å². The molecule has 0 bridgehead atoms. The van der Waals surface area contributed by atoms with Crippen LogP contribution in [0.25, 0.3) is 5.65 Å². The predicted octanol–water partition coefficient (Wildman–Crippen LogP) is 0.988. The number of benzene rings is 1. The highest BCUT2D eigenvalue weighted by atomic mass is 16.5. The van der Waals surface area contributed by atoms with Crippen molar-refractivity contribution in [3.63, 3.8) is 0 Å². The lowest BCUT2D eigenvalue weighted by Crippen LogP contribution is -2.27. The lowest BCUT2D eigenvalue weighted by molar-refractivity contribution is 0.116. The first-order valence-electron chi connectivity index (χ1n) is 7.30. The topological polar surface area (TPSA) is 97.5 Å². The quantitative estimate of drug-likeness (QED) is 0.700. The fourth-order valence-electron chi connectivity index (χ4n) is 2.23. The van der Waals surface area contributed by atoms with E-state index in [1.54, 1.807) is 12.1 Å². The van der Waals surface area contributed by atoms with Gasteiger partial charge in [-0.05, 0) is 47.5 Å². The molecule has 2 heterocycles. The number of para-hydroxylation sites is 1. The van der Waals surface area contributed by atoms with E-state index in [1.165, 1.54) is 4.63 Å². The van der Waals surface area contributed by atoms with Crippen LogP contribution >= 0.6 is 0 Å². The van der Waals surface area contributed by atoms with E-state index < -0.39 is 6.10 Å². The number of nitrogens with zero attached hydrogens (tertiary/aromatic N) is 5. The lowest BCUT2D eigenvalue weighted by Gasteiger charge is -2.16. The van der Waals surface area contributed by atoms with E-state index in [9.17, 15) is 5.11 Å². The molecule has 0 aliphatic rings. The summed E-state index contributed by atoms with van der Waals surface area (Å²) >= 11 is 0. The minimum absolute atomic E-state index is 0.200. The summed E-state index contributed by atoms with van der Waals surface area (Å²) in [5.41, 5.74) is 2.67. The molecular weight excluding hydrogens is 296 g/mol. The van der Waals surface area contributed by atoms with Crippen molar-refractivity contribution in [2.75, 3.05) is 18.5 Å². The van der Waals surface area contributed by atoms with Crippen LogP contribution in [0.15, 0.2) is 30.3 Å². The van der Waals surface area contributed by atoms with Crippen molar-refractivity contribution in [2.24, 2.45) is 0 Å². The summed E-state index contributed by atoms with van der Waals surface area (Å²) in [4.78, 5) is 0. The normalized spacial score (nSPS) is 12.3. The summed E-state index contributed by atoms with van der Waals surface area (Å²) in [5, 5.41) is 28.3. The van der Waals surface area contributed by atoms with E-state index in [2.05, 4.69) is 25.9 Å². The molecule has 1 unspecified atom stereocenters. The zero-order valence-corrected chi connectivity index (χ0v) is 13.0. The summed E-state index contributed by atoms with van der Waals surface area (Å²) in [7, 11) is 0. The number of ether oxygens (including phenoxy) is 1. The summed E-state index contributed by atoms with van der Waals surface area (Å²) < 4.78 is 7.05. The summed E-state index contributed by atoms with van der Waals surface area (Å²) in [6.07, 6.45) is -0.666. The van der Waals surface area contributed by atoms with Crippen molar-refractivity contribution in [2.45, 2.75) is 20.0 Å². The van der Waals surface area contributed by atoms with Gasteiger partial charge in [0, 0.05) is 6.54 Å². The summed E-state index contributed by atoms with van der Waals surface area (Å²) in [6, 6.07) is 9.45. The second-order valence-electron chi connectivity index (χ2n) is 5.31. The molecule has 1 aromatic carbocycles. The minimum Gasteiger partial charge on any atom is -0.490 e. The van der Waals surface area contributed by atoms with Crippen molar-refractivity contribution >= 4 is 11.5 Å². The first kappa shape index (κ1) is 15.2. The van der Waals surface area contributed by atoms with Crippen LogP contribution in [0.1, 0.15) is 11.1 Å². The number of aliphatic hydroxyl groups excluding tert-OH is 1. The van der Waals surface area contributed by atoms with Crippen molar-refractivity contribution in [3.05, 3.63) is 41.5 Å². The number of hydrogen-bond acceptors (Lipinski definition) is 7. The zero-order chi connectivity index (χ0) is 16.2. The van der Waals surface area contributed by atoms with E-state index in [0.29, 0.717) is 18.0 Å². The standard InChI is InChI=1S/C15H18N6O2/c1-10-4-3-5-11(2)15(10)23-9-12(22)8-16-13-6-7-14-17-19-20-21(14)18-13/h3-7,12,22H,8-9H2,1-2H3,(H,16,18). The number of aromatic nitrogens is 5. The first-order valence-corrected chi connectivity index (χ1v) is 7.30. The zero-order valence-electron chi connectivity index (χ0n) is 13.0. The number of nitrogens with one attached hydrogen (secondary N) is 1. The number of anilines is 1. The Morgan fingerprint density at radius 2 is 2.00 bits per heavy atom. The Hall–Kier alpha value is -2.74. The molecule has 0 amide bonds. The number of hydrogen-bond donors (Lipinski definition) is 2. The fraction of sp³-hybridized carbons (Fsp3) is 0.333. The van der Waals surface area contributed by atoms with Crippen molar-refractivity contribution in [3.8, 4) is 5.75 Å². The van der Waals surface area contributed by atoms with Crippen molar-refractivity contribution in [1.29, 1.82) is 0 Å². The van der Waals surface area contributed by atoms with Gasteiger partial charge in [-0.25, -0.2) is 0 Å². The molecule has 8 heteroatoms. The molecule has 0 spiro atoms. The minimum atomic E-state index is -0.666. The highest BCUT2D eigenvalue weighted by molar-refractivity contribution is 5.42. The first-order chi connectivity index (χ1) is 11.1. The van der Waals surface area contributed by atoms with E-state index in [1.807, 2.05) is 32.0 Å². The molecular formula is C15H18N6O2. The molecule has 0 saturated heterocycles. The number of aliphatic hydroxyl groups is 1. The van der Waals surface area contributed by atoms with Crippen LogP contribution in [0, 0.1) is 13.8 Å². The van der Waals surface area contributed by atoms with E-state index in [4.69, 9.17) is 4.74 Å². The van der Waals surface area contributed by atoms with Crippen LogP contribution in [0.2, 0.25) is 0 Å². The van der Waals surface area contributed by atoms with Crippen LogP contribution in [0.5, 0.6) is 5.75 Å². The van der Waals surface area contributed by atoms with Gasteiger partial charge in [-0.1, -0.05) is 18.2 Å². The Morgan fingerprint density at radius 3 is 2.78 bits per heavy atom. The molecule has 0 saturated carbocycles. The van der Waals surface area contributed by atoms with Gasteiger partial charge in [0.2, 0.25) is 0 Å². The Balaban J connectivity index is 1.54. The molecule has 2 aromatic heterocycles. The molecule has 120 valence electrons. The third-order valence-electron chi connectivity index (χ3n) is 3.42. The largest absolute Gasteiger partial charge is 0.490 e. The van der Waals surface area contributed by atoms with Gasteiger partial charge in [0.05, 0.1) is 0 Å². The second kappa shape index (κ2) is 6.57.